The van der Waals surface area contributed by atoms with E-state index in [9.17, 15) is 5.11 Å². The molecule has 0 aliphatic carbocycles. The topological polar surface area (TPSA) is 47.3 Å². The van der Waals surface area contributed by atoms with Crippen molar-refractivity contribution in [1.29, 1.82) is 5.26 Å². The zero-order valence-electron chi connectivity index (χ0n) is 9.71. The van der Waals surface area contributed by atoms with Gasteiger partial charge in [0.05, 0.1) is 6.07 Å². The van der Waals surface area contributed by atoms with Crippen LogP contribution in [0.5, 0.6) is 0 Å². The van der Waals surface area contributed by atoms with Crippen molar-refractivity contribution >= 4 is 0 Å². The van der Waals surface area contributed by atoms with Crippen molar-refractivity contribution in [2.45, 2.75) is 39.0 Å². The van der Waals surface area contributed by atoms with Crippen LogP contribution in [-0.2, 0) is 0 Å². The van der Waals surface area contributed by atoms with Crippen LogP contribution in [0.3, 0.4) is 0 Å². The first-order valence-electron chi connectivity index (χ1n) is 5.90. The molecule has 0 radical (unpaired) electrons. The van der Waals surface area contributed by atoms with Crippen LogP contribution in [0, 0.1) is 16.7 Å². The van der Waals surface area contributed by atoms with Gasteiger partial charge in [-0.25, -0.2) is 0 Å². The largest absolute Gasteiger partial charge is 0.396 e. The molecule has 0 aromatic heterocycles. The van der Waals surface area contributed by atoms with Gasteiger partial charge < -0.3 is 10.0 Å². The molecule has 1 N–H and O–H groups in total. The van der Waals surface area contributed by atoms with Gasteiger partial charge in [0.25, 0.3) is 0 Å². The lowest BCUT2D eigenvalue weighted by Gasteiger charge is -2.39. The van der Waals surface area contributed by atoms with Gasteiger partial charge in [-0.3, -0.25) is 0 Å². The van der Waals surface area contributed by atoms with Crippen LogP contribution in [0.1, 0.15) is 39.0 Å². The van der Waals surface area contributed by atoms with Crippen LogP contribution in [-0.4, -0.2) is 36.2 Å². The van der Waals surface area contributed by atoms with Crippen LogP contribution in [0.4, 0.5) is 0 Å². The van der Waals surface area contributed by atoms with Crippen LogP contribution in [0.2, 0.25) is 0 Å². The summed E-state index contributed by atoms with van der Waals surface area (Å²) in [6.07, 6.45) is 5.11. The number of likely N-dealkylation sites (tertiary alicyclic amines) is 1. The van der Waals surface area contributed by atoms with E-state index in [-0.39, 0.29) is 5.41 Å². The molecule has 0 aromatic rings. The molecule has 1 rings (SSSR count). The Bertz CT molecular complexity index is 224. The third-order valence-corrected chi connectivity index (χ3v) is 3.25. The van der Waals surface area contributed by atoms with Crippen molar-refractivity contribution in [3.05, 3.63) is 0 Å². The predicted octanol–water partition coefficient (Wildman–Crippen LogP) is 1.77. The van der Waals surface area contributed by atoms with Gasteiger partial charge in [-0.2, -0.15) is 5.26 Å². The second-order valence-electron chi connectivity index (χ2n) is 4.96. The number of rotatable bonds is 5. The Morgan fingerprint density at radius 1 is 1.47 bits per heavy atom. The summed E-state index contributed by atoms with van der Waals surface area (Å²) in [5, 5.41) is 17.7. The monoisotopic (exact) mass is 210 g/mol. The van der Waals surface area contributed by atoms with Gasteiger partial charge in [-0.05, 0) is 38.8 Å². The fourth-order valence-electron chi connectivity index (χ4n) is 2.29. The van der Waals surface area contributed by atoms with Gasteiger partial charge in [0.15, 0.2) is 0 Å². The minimum atomic E-state index is 0.105. The summed E-state index contributed by atoms with van der Waals surface area (Å²) in [7, 11) is 0. The van der Waals surface area contributed by atoms with Crippen molar-refractivity contribution < 1.29 is 5.11 Å². The van der Waals surface area contributed by atoms with Gasteiger partial charge in [-0.1, -0.05) is 6.92 Å². The molecule has 0 spiro atoms. The normalized spacial score (nSPS) is 27.5. The first-order chi connectivity index (χ1) is 7.20. The molecule has 0 saturated carbocycles. The second kappa shape index (κ2) is 6.09. The number of piperidine rings is 1. The van der Waals surface area contributed by atoms with E-state index in [0.717, 1.165) is 38.9 Å². The van der Waals surface area contributed by atoms with E-state index in [4.69, 9.17) is 5.26 Å². The van der Waals surface area contributed by atoms with Crippen molar-refractivity contribution in [2.24, 2.45) is 5.41 Å². The molecule has 1 fully saturated rings. The molecule has 1 unspecified atom stereocenters. The number of nitriles is 1. The maximum Gasteiger partial charge on any atom is 0.0621 e. The van der Waals surface area contributed by atoms with Crippen molar-refractivity contribution in [3.8, 4) is 6.07 Å². The summed E-state index contributed by atoms with van der Waals surface area (Å²) in [4.78, 5) is 2.43. The van der Waals surface area contributed by atoms with Crippen LogP contribution < -0.4 is 0 Å². The van der Waals surface area contributed by atoms with E-state index >= 15 is 0 Å². The number of aliphatic hydroxyl groups is 1. The average Bonchev–Trinajstić information content (AvgIpc) is 2.25. The predicted molar refractivity (Wildman–Crippen MR) is 60.3 cm³/mol. The van der Waals surface area contributed by atoms with Crippen molar-refractivity contribution in [1.82, 2.24) is 4.90 Å². The molecule has 3 nitrogen and oxygen atoms in total. The number of nitrogens with zero attached hydrogens (tertiary/aromatic N) is 2. The van der Waals surface area contributed by atoms with Gasteiger partial charge in [0.1, 0.15) is 0 Å². The first-order valence-corrected chi connectivity index (χ1v) is 5.90. The van der Waals surface area contributed by atoms with Gasteiger partial charge >= 0.3 is 0 Å². The lowest BCUT2D eigenvalue weighted by atomic mass is 9.83. The molecule has 86 valence electrons. The van der Waals surface area contributed by atoms with Crippen molar-refractivity contribution in [2.75, 3.05) is 26.2 Å². The first kappa shape index (κ1) is 12.5. The number of unbranched alkanes of at least 4 members (excludes halogenated alkanes) is 2. The van der Waals surface area contributed by atoms with Gasteiger partial charge in [0, 0.05) is 25.0 Å². The van der Waals surface area contributed by atoms with Crippen molar-refractivity contribution in [3.63, 3.8) is 0 Å². The number of hydrogen-bond donors (Lipinski definition) is 1. The lowest BCUT2D eigenvalue weighted by molar-refractivity contribution is 0.0460. The lowest BCUT2D eigenvalue weighted by Crippen LogP contribution is -2.43. The fraction of sp³-hybridized carbons (Fsp3) is 0.917. The molecule has 1 atom stereocenters. The Kier molecular flexibility index (Phi) is 5.07. The minimum absolute atomic E-state index is 0.105. The highest BCUT2D eigenvalue weighted by molar-refractivity contribution is 4.82. The van der Waals surface area contributed by atoms with E-state index in [1.54, 1.807) is 0 Å². The highest BCUT2D eigenvalue weighted by Crippen LogP contribution is 2.28. The van der Waals surface area contributed by atoms with E-state index < -0.39 is 0 Å². The second-order valence-corrected chi connectivity index (χ2v) is 4.96. The fourth-order valence-corrected chi connectivity index (χ4v) is 2.29. The zero-order chi connectivity index (χ0) is 11.1. The summed E-state index contributed by atoms with van der Waals surface area (Å²) < 4.78 is 0. The number of hydrogen-bond acceptors (Lipinski definition) is 3. The zero-order valence-corrected chi connectivity index (χ0v) is 9.71. The summed E-state index contributed by atoms with van der Waals surface area (Å²) in [5.41, 5.74) is 0.105. The maximum absolute atomic E-state index is 9.31. The Balaban J connectivity index is 2.22. The molecule has 0 amide bonds. The molecule has 0 bridgehead atoms. The van der Waals surface area contributed by atoms with Gasteiger partial charge in [0.2, 0.25) is 0 Å². The Labute approximate surface area is 92.7 Å². The number of aliphatic hydroxyl groups excluding tert-OH is 1. The minimum Gasteiger partial charge on any atom is -0.396 e. The maximum atomic E-state index is 9.31. The van der Waals surface area contributed by atoms with E-state index in [1.165, 1.54) is 6.42 Å². The summed E-state index contributed by atoms with van der Waals surface area (Å²) in [6.45, 7) is 5.70. The molecular weight excluding hydrogens is 188 g/mol. The Hall–Kier alpha value is -0.590. The third kappa shape index (κ3) is 4.19. The Morgan fingerprint density at radius 2 is 2.27 bits per heavy atom. The third-order valence-electron chi connectivity index (χ3n) is 3.25. The molecule has 1 saturated heterocycles. The molecule has 1 aliphatic rings. The van der Waals surface area contributed by atoms with E-state index in [2.05, 4.69) is 17.9 Å². The molecule has 0 aromatic carbocycles. The summed E-state index contributed by atoms with van der Waals surface area (Å²) in [6, 6.07) is 2.17. The van der Waals surface area contributed by atoms with E-state index in [1.807, 2.05) is 0 Å². The quantitative estimate of drug-likeness (QED) is 0.704. The smallest absolute Gasteiger partial charge is 0.0621 e. The molecule has 15 heavy (non-hydrogen) atoms. The summed E-state index contributed by atoms with van der Waals surface area (Å²) >= 11 is 0. The van der Waals surface area contributed by atoms with Crippen LogP contribution >= 0.6 is 0 Å². The highest BCUT2D eigenvalue weighted by Gasteiger charge is 2.29. The SMILES string of the molecule is CC1(CO)CCCN(CCCCC#N)C1. The van der Waals surface area contributed by atoms with E-state index in [0.29, 0.717) is 13.0 Å². The summed E-state index contributed by atoms with van der Waals surface area (Å²) in [5.74, 6) is 0. The highest BCUT2D eigenvalue weighted by atomic mass is 16.3. The molecular formula is C12H22N2O. The average molecular weight is 210 g/mol. The molecule has 3 heteroatoms. The molecule has 1 aliphatic heterocycles. The van der Waals surface area contributed by atoms with Crippen LogP contribution in [0.15, 0.2) is 0 Å². The van der Waals surface area contributed by atoms with Crippen LogP contribution in [0.25, 0.3) is 0 Å². The standard InChI is InChI=1S/C12H22N2O/c1-12(11-15)6-5-9-14(10-12)8-4-2-3-7-13/h15H,2-6,8-11H2,1H3. The van der Waals surface area contributed by atoms with Gasteiger partial charge in [-0.15, -0.1) is 0 Å². The molecule has 1 heterocycles. The Morgan fingerprint density at radius 3 is 2.93 bits per heavy atom.